The van der Waals surface area contributed by atoms with Gasteiger partial charge in [0, 0.05) is 6.04 Å². The van der Waals surface area contributed by atoms with Crippen LogP contribution in [0.2, 0.25) is 0 Å². The van der Waals surface area contributed by atoms with E-state index in [4.69, 9.17) is 0 Å². The summed E-state index contributed by atoms with van der Waals surface area (Å²) in [6.07, 6.45) is 4.90. The number of nitrogens with one attached hydrogen (secondary N) is 1. The molecule has 0 aromatic heterocycles. The zero-order valence-corrected chi connectivity index (χ0v) is 11.0. The Bertz CT molecular complexity index is 378. The highest BCUT2D eigenvalue weighted by atomic mass is 19.1. The molecule has 1 aromatic rings. The standard InChI is InChI=1S/C15H22FN/c1-11-7-6-8-12(16)14(11)17-13-9-4-5-10-15(13,2)3/h6-8,13,17H,4-5,9-10H2,1-3H3. The van der Waals surface area contributed by atoms with E-state index in [0.717, 1.165) is 12.0 Å². The Kier molecular flexibility index (Phi) is 3.41. The van der Waals surface area contributed by atoms with Crippen LogP contribution in [0.3, 0.4) is 0 Å². The summed E-state index contributed by atoms with van der Waals surface area (Å²) >= 11 is 0. The molecule has 0 spiro atoms. The molecular formula is C15H22FN. The van der Waals surface area contributed by atoms with E-state index < -0.39 is 0 Å². The molecule has 0 saturated heterocycles. The lowest BCUT2D eigenvalue weighted by Crippen LogP contribution is -2.39. The van der Waals surface area contributed by atoms with Gasteiger partial charge in [-0.15, -0.1) is 0 Å². The molecule has 1 fully saturated rings. The van der Waals surface area contributed by atoms with E-state index in [2.05, 4.69) is 19.2 Å². The number of hydrogen-bond donors (Lipinski definition) is 1. The molecule has 1 N–H and O–H groups in total. The van der Waals surface area contributed by atoms with Crippen molar-refractivity contribution in [3.05, 3.63) is 29.6 Å². The molecule has 2 heteroatoms. The van der Waals surface area contributed by atoms with Gasteiger partial charge in [0.2, 0.25) is 0 Å². The SMILES string of the molecule is Cc1cccc(F)c1NC1CCCCC1(C)C. The molecule has 0 radical (unpaired) electrons. The monoisotopic (exact) mass is 235 g/mol. The number of rotatable bonds is 2. The summed E-state index contributed by atoms with van der Waals surface area (Å²) in [5, 5.41) is 3.43. The van der Waals surface area contributed by atoms with Crippen molar-refractivity contribution in [2.75, 3.05) is 5.32 Å². The molecule has 0 aliphatic heterocycles. The van der Waals surface area contributed by atoms with Crippen molar-refractivity contribution in [1.82, 2.24) is 0 Å². The summed E-state index contributed by atoms with van der Waals surface area (Å²) < 4.78 is 13.8. The fourth-order valence-electron chi connectivity index (χ4n) is 2.75. The molecule has 1 atom stereocenters. The van der Waals surface area contributed by atoms with E-state index in [1.54, 1.807) is 6.07 Å². The van der Waals surface area contributed by atoms with Crippen LogP contribution in [0.4, 0.5) is 10.1 Å². The second-order valence-corrected chi connectivity index (χ2v) is 5.86. The number of aryl methyl sites for hydroxylation is 1. The van der Waals surface area contributed by atoms with Gasteiger partial charge in [-0.3, -0.25) is 0 Å². The van der Waals surface area contributed by atoms with Crippen LogP contribution in [0, 0.1) is 18.2 Å². The van der Waals surface area contributed by atoms with Crippen LogP contribution >= 0.6 is 0 Å². The molecule has 0 bridgehead atoms. The van der Waals surface area contributed by atoms with Crippen LogP contribution in [0.5, 0.6) is 0 Å². The lowest BCUT2D eigenvalue weighted by molar-refractivity contribution is 0.216. The highest BCUT2D eigenvalue weighted by molar-refractivity contribution is 5.52. The molecule has 17 heavy (non-hydrogen) atoms. The minimum Gasteiger partial charge on any atom is -0.379 e. The normalized spacial score (nSPS) is 23.4. The topological polar surface area (TPSA) is 12.0 Å². The molecule has 0 amide bonds. The first-order valence-corrected chi connectivity index (χ1v) is 6.52. The molecule has 1 nitrogen and oxygen atoms in total. The maximum Gasteiger partial charge on any atom is 0.146 e. The van der Waals surface area contributed by atoms with Crippen molar-refractivity contribution >= 4 is 5.69 Å². The predicted octanol–water partition coefficient (Wildman–Crippen LogP) is 4.51. The third-order valence-corrected chi connectivity index (χ3v) is 4.05. The third kappa shape index (κ3) is 2.62. The minimum atomic E-state index is -0.133. The number of halogens is 1. The largest absolute Gasteiger partial charge is 0.379 e. The zero-order valence-electron chi connectivity index (χ0n) is 11.0. The van der Waals surface area contributed by atoms with Gasteiger partial charge in [-0.1, -0.05) is 38.8 Å². The highest BCUT2D eigenvalue weighted by Crippen LogP contribution is 2.38. The first-order valence-electron chi connectivity index (χ1n) is 6.52. The van der Waals surface area contributed by atoms with E-state index in [-0.39, 0.29) is 11.2 Å². The Morgan fingerprint density at radius 1 is 1.29 bits per heavy atom. The first-order chi connectivity index (χ1) is 8.00. The number of para-hydroxylation sites is 1. The van der Waals surface area contributed by atoms with Gasteiger partial charge in [-0.2, -0.15) is 0 Å². The molecule has 1 aromatic carbocycles. The molecule has 1 aliphatic rings. The lowest BCUT2D eigenvalue weighted by Gasteiger charge is -2.40. The van der Waals surface area contributed by atoms with Gasteiger partial charge in [0.1, 0.15) is 5.82 Å². The fourth-order valence-corrected chi connectivity index (χ4v) is 2.75. The van der Waals surface area contributed by atoms with Crippen molar-refractivity contribution < 1.29 is 4.39 Å². The van der Waals surface area contributed by atoms with Crippen LogP contribution in [0.25, 0.3) is 0 Å². The lowest BCUT2D eigenvalue weighted by atomic mass is 9.73. The van der Waals surface area contributed by atoms with Gasteiger partial charge in [0.05, 0.1) is 5.69 Å². The summed E-state index contributed by atoms with van der Waals surface area (Å²) in [5.74, 6) is -0.133. The average Bonchev–Trinajstić information content (AvgIpc) is 2.25. The van der Waals surface area contributed by atoms with Crippen LogP contribution in [0.15, 0.2) is 18.2 Å². The van der Waals surface area contributed by atoms with Gasteiger partial charge in [0.25, 0.3) is 0 Å². The van der Waals surface area contributed by atoms with Crippen molar-refractivity contribution in [3.63, 3.8) is 0 Å². The molecule has 2 rings (SSSR count). The second-order valence-electron chi connectivity index (χ2n) is 5.86. The van der Waals surface area contributed by atoms with Crippen LogP contribution in [-0.4, -0.2) is 6.04 Å². The Labute approximate surface area is 103 Å². The van der Waals surface area contributed by atoms with E-state index in [1.807, 2.05) is 13.0 Å². The quantitative estimate of drug-likeness (QED) is 0.795. The molecule has 0 heterocycles. The Morgan fingerprint density at radius 2 is 2.06 bits per heavy atom. The maximum absolute atomic E-state index is 13.8. The number of hydrogen-bond acceptors (Lipinski definition) is 1. The Balaban J connectivity index is 2.20. The molecule has 1 unspecified atom stereocenters. The van der Waals surface area contributed by atoms with Gasteiger partial charge < -0.3 is 5.32 Å². The van der Waals surface area contributed by atoms with Gasteiger partial charge in [-0.05, 0) is 36.8 Å². The van der Waals surface area contributed by atoms with E-state index in [1.165, 1.54) is 25.3 Å². The maximum atomic E-state index is 13.8. The number of benzene rings is 1. The molecular weight excluding hydrogens is 213 g/mol. The van der Waals surface area contributed by atoms with Gasteiger partial charge >= 0.3 is 0 Å². The zero-order chi connectivity index (χ0) is 12.5. The summed E-state index contributed by atoms with van der Waals surface area (Å²) in [5.41, 5.74) is 1.94. The fraction of sp³-hybridized carbons (Fsp3) is 0.600. The van der Waals surface area contributed by atoms with Gasteiger partial charge in [0.15, 0.2) is 0 Å². The Hall–Kier alpha value is -1.05. The van der Waals surface area contributed by atoms with Crippen molar-refractivity contribution in [2.45, 2.75) is 52.5 Å². The van der Waals surface area contributed by atoms with E-state index >= 15 is 0 Å². The summed E-state index contributed by atoms with van der Waals surface area (Å²) in [4.78, 5) is 0. The third-order valence-electron chi connectivity index (χ3n) is 4.05. The minimum absolute atomic E-state index is 0.133. The van der Waals surface area contributed by atoms with Gasteiger partial charge in [-0.25, -0.2) is 4.39 Å². The molecule has 94 valence electrons. The average molecular weight is 235 g/mol. The van der Waals surface area contributed by atoms with E-state index in [9.17, 15) is 4.39 Å². The van der Waals surface area contributed by atoms with E-state index in [0.29, 0.717) is 11.7 Å². The highest BCUT2D eigenvalue weighted by Gasteiger charge is 2.32. The van der Waals surface area contributed by atoms with Crippen molar-refractivity contribution in [2.24, 2.45) is 5.41 Å². The first kappa shape index (κ1) is 12.4. The molecule has 1 aliphatic carbocycles. The van der Waals surface area contributed by atoms with Crippen molar-refractivity contribution in [3.8, 4) is 0 Å². The Morgan fingerprint density at radius 3 is 2.71 bits per heavy atom. The summed E-state index contributed by atoms with van der Waals surface area (Å²) in [6.45, 7) is 6.52. The van der Waals surface area contributed by atoms with Crippen LogP contribution < -0.4 is 5.32 Å². The summed E-state index contributed by atoms with van der Waals surface area (Å²) in [7, 11) is 0. The predicted molar refractivity (Wildman–Crippen MR) is 70.8 cm³/mol. The van der Waals surface area contributed by atoms with Crippen LogP contribution in [0.1, 0.15) is 45.1 Å². The number of anilines is 1. The summed E-state index contributed by atoms with van der Waals surface area (Å²) in [6, 6.07) is 5.64. The van der Waals surface area contributed by atoms with Crippen LogP contribution in [-0.2, 0) is 0 Å². The second kappa shape index (κ2) is 4.67. The molecule has 1 saturated carbocycles. The smallest absolute Gasteiger partial charge is 0.146 e. The van der Waals surface area contributed by atoms with Crippen molar-refractivity contribution in [1.29, 1.82) is 0 Å².